The molecule has 0 amide bonds. The number of aliphatic hydroxyl groups is 1. The second-order valence-electron chi connectivity index (χ2n) is 5.48. The van der Waals surface area contributed by atoms with Gasteiger partial charge in [0.15, 0.2) is 0 Å². The third-order valence-corrected chi connectivity index (χ3v) is 3.71. The van der Waals surface area contributed by atoms with Crippen molar-refractivity contribution < 1.29 is 9.63 Å². The fourth-order valence-corrected chi connectivity index (χ4v) is 2.53. The van der Waals surface area contributed by atoms with Gasteiger partial charge in [-0.15, -0.1) is 0 Å². The van der Waals surface area contributed by atoms with E-state index in [0.29, 0.717) is 29.8 Å². The molecule has 20 heavy (non-hydrogen) atoms. The highest BCUT2D eigenvalue weighted by Gasteiger charge is 2.32. The van der Waals surface area contributed by atoms with Gasteiger partial charge >= 0.3 is 0 Å². The fraction of sp³-hybridized carbons (Fsp3) is 0.429. The van der Waals surface area contributed by atoms with Crippen LogP contribution in [-0.4, -0.2) is 38.8 Å². The molecule has 1 aromatic carbocycles. The Kier molecular flexibility index (Phi) is 3.50. The summed E-state index contributed by atoms with van der Waals surface area (Å²) in [5.41, 5.74) is 0.261. The van der Waals surface area contributed by atoms with Crippen molar-refractivity contribution in [3.05, 3.63) is 35.2 Å². The van der Waals surface area contributed by atoms with Crippen molar-refractivity contribution in [3.63, 3.8) is 0 Å². The third-order valence-electron chi connectivity index (χ3n) is 3.46. The normalized spacial score (nSPS) is 23.4. The minimum atomic E-state index is -0.612. The Morgan fingerprint density at radius 1 is 1.40 bits per heavy atom. The molecule has 0 aliphatic carbocycles. The Balaban J connectivity index is 1.70. The monoisotopic (exact) mass is 293 g/mol. The highest BCUT2D eigenvalue weighted by Crippen LogP contribution is 2.23. The van der Waals surface area contributed by atoms with Crippen LogP contribution in [0.4, 0.5) is 0 Å². The van der Waals surface area contributed by atoms with Crippen LogP contribution < -0.4 is 0 Å². The quantitative estimate of drug-likeness (QED) is 0.941. The van der Waals surface area contributed by atoms with Gasteiger partial charge in [0, 0.05) is 23.7 Å². The fourth-order valence-electron chi connectivity index (χ4n) is 2.40. The molecule has 1 atom stereocenters. The summed E-state index contributed by atoms with van der Waals surface area (Å²) in [6.45, 7) is 3.88. The summed E-state index contributed by atoms with van der Waals surface area (Å²) in [5, 5.41) is 14.6. The van der Waals surface area contributed by atoms with Gasteiger partial charge in [0.2, 0.25) is 11.7 Å². The molecule has 0 spiro atoms. The second kappa shape index (κ2) is 5.16. The molecule has 1 N–H and O–H groups in total. The number of nitrogens with zero attached hydrogens (tertiary/aromatic N) is 3. The first-order chi connectivity index (χ1) is 9.52. The zero-order chi connectivity index (χ0) is 14.2. The van der Waals surface area contributed by atoms with Crippen molar-refractivity contribution in [3.8, 4) is 11.4 Å². The molecule has 1 aliphatic rings. The van der Waals surface area contributed by atoms with Crippen molar-refractivity contribution in [1.82, 2.24) is 15.0 Å². The highest BCUT2D eigenvalue weighted by atomic mass is 35.5. The van der Waals surface area contributed by atoms with Gasteiger partial charge in [-0.3, -0.25) is 4.90 Å². The van der Waals surface area contributed by atoms with E-state index < -0.39 is 5.60 Å². The Morgan fingerprint density at radius 2 is 2.15 bits per heavy atom. The molecule has 2 heterocycles. The number of hydrogen-bond donors (Lipinski definition) is 1. The van der Waals surface area contributed by atoms with Gasteiger partial charge < -0.3 is 9.63 Å². The molecule has 2 aromatic rings. The van der Waals surface area contributed by atoms with Gasteiger partial charge in [0.05, 0.1) is 12.1 Å². The number of likely N-dealkylation sites (tertiary alicyclic amines) is 1. The predicted octanol–water partition coefficient (Wildman–Crippen LogP) is 2.35. The van der Waals surface area contributed by atoms with E-state index in [0.717, 1.165) is 18.5 Å². The lowest BCUT2D eigenvalue weighted by Gasteiger charge is -2.16. The summed E-state index contributed by atoms with van der Waals surface area (Å²) >= 11 is 5.85. The molecule has 1 aliphatic heterocycles. The molecule has 1 aromatic heterocycles. The molecule has 1 unspecified atom stereocenters. The number of hydrogen-bond acceptors (Lipinski definition) is 5. The van der Waals surface area contributed by atoms with E-state index in [4.69, 9.17) is 16.1 Å². The lowest BCUT2D eigenvalue weighted by atomic mass is 10.1. The molecule has 106 valence electrons. The molecule has 0 bridgehead atoms. The van der Waals surface area contributed by atoms with Gasteiger partial charge in [-0.05, 0) is 37.6 Å². The maximum atomic E-state index is 9.93. The standard InChI is InChI=1S/C14H16ClN3O2/c1-14(19)6-7-18(9-14)8-12-16-13(17-20-12)10-2-4-11(15)5-3-10/h2-5,19H,6-9H2,1H3. The van der Waals surface area contributed by atoms with E-state index in [9.17, 15) is 5.11 Å². The van der Waals surface area contributed by atoms with Crippen LogP contribution in [0.1, 0.15) is 19.2 Å². The topological polar surface area (TPSA) is 62.4 Å². The average Bonchev–Trinajstić information content (AvgIpc) is 2.98. The summed E-state index contributed by atoms with van der Waals surface area (Å²) in [7, 11) is 0. The Labute approximate surface area is 122 Å². The van der Waals surface area contributed by atoms with E-state index in [-0.39, 0.29) is 0 Å². The Morgan fingerprint density at radius 3 is 2.80 bits per heavy atom. The van der Waals surface area contributed by atoms with E-state index >= 15 is 0 Å². The third kappa shape index (κ3) is 3.00. The molecule has 1 fully saturated rings. The molecular weight excluding hydrogens is 278 g/mol. The van der Waals surface area contributed by atoms with Gasteiger partial charge in [0.25, 0.3) is 0 Å². The predicted molar refractivity (Wildman–Crippen MR) is 75.3 cm³/mol. The molecule has 1 saturated heterocycles. The van der Waals surface area contributed by atoms with Crippen LogP contribution in [0, 0.1) is 0 Å². The zero-order valence-electron chi connectivity index (χ0n) is 11.2. The van der Waals surface area contributed by atoms with E-state index in [2.05, 4.69) is 15.0 Å². The SMILES string of the molecule is CC1(O)CCN(Cc2nc(-c3ccc(Cl)cc3)no2)C1. The second-order valence-corrected chi connectivity index (χ2v) is 5.91. The first-order valence-corrected chi connectivity index (χ1v) is 6.93. The molecule has 6 heteroatoms. The Hall–Kier alpha value is -1.43. The van der Waals surface area contributed by atoms with Crippen molar-refractivity contribution >= 4 is 11.6 Å². The van der Waals surface area contributed by atoms with Crippen molar-refractivity contribution in [1.29, 1.82) is 0 Å². The minimum absolute atomic E-state index is 0.558. The van der Waals surface area contributed by atoms with Crippen LogP contribution in [-0.2, 0) is 6.54 Å². The highest BCUT2D eigenvalue weighted by molar-refractivity contribution is 6.30. The largest absolute Gasteiger partial charge is 0.389 e. The zero-order valence-corrected chi connectivity index (χ0v) is 12.0. The van der Waals surface area contributed by atoms with Crippen molar-refractivity contribution in [2.75, 3.05) is 13.1 Å². The summed E-state index contributed by atoms with van der Waals surface area (Å²) in [4.78, 5) is 6.49. The lowest BCUT2D eigenvalue weighted by molar-refractivity contribution is 0.0665. The van der Waals surface area contributed by atoms with E-state index in [1.807, 2.05) is 19.1 Å². The van der Waals surface area contributed by atoms with Gasteiger partial charge in [-0.2, -0.15) is 4.98 Å². The molecular formula is C14H16ClN3O2. The first-order valence-electron chi connectivity index (χ1n) is 6.55. The summed E-state index contributed by atoms with van der Waals surface area (Å²) in [5.74, 6) is 1.12. The number of halogens is 1. The van der Waals surface area contributed by atoms with Crippen LogP contribution in [0.5, 0.6) is 0 Å². The Bertz CT molecular complexity index is 595. The van der Waals surface area contributed by atoms with Gasteiger partial charge in [-0.1, -0.05) is 16.8 Å². The molecule has 0 saturated carbocycles. The smallest absolute Gasteiger partial charge is 0.241 e. The molecule has 0 radical (unpaired) electrons. The average molecular weight is 294 g/mol. The summed E-state index contributed by atoms with van der Waals surface area (Å²) in [6.07, 6.45) is 0.769. The molecule has 3 rings (SSSR count). The number of rotatable bonds is 3. The van der Waals surface area contributed by atoms with Crippen molar-refractivity contribution in [2.45, 2.75) is 25.5 Å². The number of benzene rings is 1. The van der Waals surface area contributed by atoms with Crippen molar-refractivity contribution in [2.24, 2.45) is 0 Å². The van der Waals surface area contributed by atoms with Crippen LogP contribution in [0.25, 0.3) is 11.4 Å². The maximum absolute atomic E-state index is 9.93. The summed E-state index contributed by atoms with van der Waals surface area (Å²) < 4.78 is 5.26. The number of aromatic nitrogens is 2. The van der Waals surface area contributed by atoms with Crippen LogP contribution in [0.15, 0.2) is 28.8 Å². The summed E-state index contributed by atoms with van der Waals surface area (Å²) in [6, 6.07) is 7.31. The van der Waals surface area contributed by atoms with Gasteiger partial charge in [0.1, 0.15) is 0 Å². The number of β-amino-alcohol motifs (C(OH)–C–C–N with tert-alkyl or cyclic N) is 1. The van der Waals surface area contributed by atoms with Crippen LogP contribution in [0.2, 0.25) is 5.02 Å². The van der Waals surface area contributed by atoms with E-state index in [1.54, 1.807) is 12.1 Å². The van der Waals surface area contributed by atoms with Crippen LogP contribution >= 0.6 is 11.6 Å². The van der Waals surface area contributed by atoms with Crippen LogP contribution in [0.3, 0.4) is 0 Å². The minimum Gasteiger partial charge on any atom is -0.389 e. The van der Waals surface area contributed by atoms with E-state index in [1.165, 1.54) is 0 Å². The lowest BCUT2D eigenvalue weighted by Crippen LogP contribution is -2.29. The first kappa shape index (κ1) is 13.5. The maximum Gasteiger partial charge on any atom is 0.241 e. The molecule has 5 nitrogen and oxygen atoms in total. The van der Waals surface area contributed by atoms with Gasteiger partial charge in [-0.25, -0.2) is 0 Å².